The molecular formula is C24H30Cl2N6O4S. The van der Waals surface area contributed by atoms with E-state index in [-0.39, 0.29) is 18.5 Å². The normalized spacial score (nSPS) is 17.5. The van der Waals surface area contributed by atoms with Crippen LogP contribution in [0.3, 0.4) is 0 Å². The van der Waals surface area contributed by atoms with Crippen LogP contribution in [0, 0.1) is 0 Å². The van der Waals surface area contributed by atoms with Crippen molar-refractivity contribution in [2.24, 2.45) is 0 Å². The van der Waals surface area contributed by atoms with Crippen molar-refractivity contribution >= 4 is 62.2 Å². The van der Waals surface area contributed by atoms with Crippen molar-refractivity contribution < 1.29 is 18.0 Å². The zero-order valence-corrected chi connectivity index (χ0v) is 22.8. The van der Waals surface area contributed by atoms with Crippen molar-refractivity contribution in [3.63, 3.8) is 0 Å². The molecule has 2 heterocycles. The van der Waals surface area contributed by atoms with Crippen LogP contribution in [-0.4, -0.2) is 99.6 Å². The second kappa shape index (κ2) is 11.9. The van der Waals surface area contributed by atoms with Crippen LogP contribution in [0.1, 0.15) is 0 Å². The summed E-state index contributed by atoms with van der Waals surface area (Å²) in [6.45, 7) is 4.45. The number of nitrogens with zero attached hydrogens (tertiary/aromatic N) is 4. The molecule has 0 spiro atoms. The number of anilines is 3. The van der Waals surface area contributed by atoms with Gasteiger partial charge in [0.25, 0.3) is 0 Å². The zero-order valence-electron chi connectivity index (χ0n) is 20.5. The quantitative estimate of drug-likeness (QED) is 0.555. The van der Waals surface area contributed by atoms with Gasteiger partial charge in [-0.25, -0.2) is 13.2 Å². The van der Waals surface area contributed by atoms with E-state index in [1.807, 2.05) is 29.2 Å². The number of carbonyl (C=O) groups is 2. The highest BCUT2D eigenvalue weighted by molar-refractivity contribution is 7.88. The number of para-hydroxylation sites is 1. The first-order valence-electron chi connectivity index (χ1n) is 11.9. The summed E-state index contributed by atoms with van der Waals surface area (Å²) in [5.41, 5.74) is 2.11. The van der Waals surface area contributed by atoms with Crippen molar-refractivity contribution in [1.29, 1.82) is 0 Å². The third-order valence-corrected chi connectivity index (χ3v) is 8.38. The second-order valence-corrected chi connectivity index (χ2v) is 11.8. The standard InChI is InChI=1S/C24H30Cl2N6O4S/c1-37(35,36)32-15-9-29(10-16-32)17-22(33)27-18-5-7-19(8-6-18)30-11-13-31(14-12-30)24(34)28-23-20(25)3-2-4-21(23)26/h2-8H,9-17H2,1H3,(H,27,33)(H,28,34). The third-order valence-electron chi connectivity index (χ3n) is 6.45. The van der Waals surface area contributed by atoms with Gasteiger partial charge in [0.15, 0.2) is 0 Å². The Kier molecular flexibility index (Phi) is 8.81. The molecule has 2 saturated heterocycles. The van der Waals surface area contributed by atoms with Crippen LogP contribution in [0.4, 0.5) is 21.9 Å². The summed E-state index contributed by atoms with van der Waals surface area (Å²) in [4.78, 5) is 31.0. The molecule has 0 aromatic heterocycles. The van der Waals surface area contributed by atoms with Gasteiger partial charge in [-0.15, -0.1) is 0 Å². The molecule has 200 valence electrons. The van der Waals surface area contributed by atoms with E-state index < -0.39 is 10.0 Å². The number of halogens is 2. The van der Waals surface area contributed by atoms with Crippen LogP contribution < -0.4 is 15.5 Å². The predicted octanol–water partition coefficient (Wildman–Crippen LogP) is 2.86. The number of urea groups is 1. The average Bonchev–Trinajstić information content (AvgIpc) is 2.86. The number of rotatable bonds is 6. The number of nitrogens with one attached hydrogen (secondary N) is 2. The SMILES string of the molecule is CS(=O)(=O)N1CCN(CC(=O)Nc2ccc(N3CCN(C(=O)Nc4c(Cl)cccc4Cl)CC3)cc2)CC1. The second-order valence-electron chi connectivity index (χ2n) is 9.03. The van der Waals surface area contributed by atoms with Gasteiger partial charge in [0.1, 0.15) is 0 Å². The average molecular weight is 570 g/mol. The lowest BCUT2D eigenvalue weighted by Gasteiger charge is -2.36. The molecule has 3 amide bonds. The van der Waals surface area contributed by atoms with E-state index in [9.17, 15) is 18.0 Å². The molecule has 2 fully saturated rings. The fourth-order valence-corrected chi connectivity index (χ4v) is 5.67. The molecule has 4 rings (SSSR count). The Bertz CT molecular complexity index is 1210. The maximum atomic E-state index is 12.7. The van der Waals surface area contributed by atoms with Crippen LogP contribution in [0.5, 0.6) is 0 Å². The summed E-state index contributed by atoms with van der Waals surface area (Å²) in [6, 6.07) is 12.4. The van der Waals surface area contributed by atoms with Gasteiger partial charge in [-0.1, -0.05) is 29.3 Å². The highest BCUT2D eigenvalue weighted by Gasteiger charge is 2.25. The maximum absolute atomic E-state index is 12.7. The number of amides is 3. The highest BCUT2D eigenvalue weighted by Crippen LogP contribution is 2.30. The number of hydrogen-bond donors (Lipinski definition) is 2. The third kappa shape index (κ3) is 7.26. The molecule has 2 aliphatic heterocycles. The zero-order chi connectivity index (χ0) is 26.6. The van der Waals surface area contributed by atoms with Gasteiger partial charge in [0.2, 0.25) is 15.9 Å². The lowest BCUT2D eigenvalue weighted by atomic mass is 10.2. The van der Waals surface area contributed by atoms with Crippen molar-refractivity contribution in [3.05, 3.63) is 52.5 Å². The number of sulfonamides is 1. The van der Waals surface area contributed by atoms with E-state index in [4.69, 9.17) is 23.2 Å². The summed E-state index contributed by atoms with van der Waals surface area (Å²) in [5, 5.41) is 6.48. The van der Waals surface area contributed by atoms with E-state index in [0.717, 1.165) is 5.69 Å². The van der Waals surface area contributed by atoms with Gasteiger partial charge >= 0.3 is 6.03 Å². The molecule has 0 unspecified atom stereocenters. The molecule has 0 bridgehead atoms. The molecule has 2 N–H and O–H groups in total. The summed E-state index contributed by atoms with van der Waals surface area (Å²) < 4.78 is 24.7. The van der Waals surface area contributed by atoms with Crippen LogP contribution in [0.25, 0.3) is 0 Å². The Hall–Kier alpha value is -2.57. The Labute approximate surface area is 227 Å². The Balaban J connectivity index is 1.22. The number of piperazine rings is 2. The van der Waals surface area contributed by atoms with Crippen molar-refractivity contribution in [1.82, 2.24) is 14.1 Å². The molecule has 37 heavy (non-hydrogen) atoms. The summed E-state index contributed by atoms with van der Waals surface area (Å²) in [7, 11) is -3.19. The molecular weight excluding hydrogens is 539 g/mol. The monoisotopic (exact) mass is 568 g/mol. The van der Waals surface area contributed by atoms with Gasteiger partial charge in [-0.3, -0.25) is 9.69 Å². The van der Waals surface area contributed by atoms with Gasteiger partial charge in [0.05, 0.1) is 28.5 Å². The minimum atomic E-state index is -3.19. The summed E-state index contributed by atoms with van der Waals surface area (Å²) in [6.07, 6.45) is 1.20. The van der Waals surface area contributed by atoms with E-state index in [1.54, 1.807) is 23.1 Å². The maximum Gasteiger partial charge on any atom is 0.322 e. The molecule has 10 nitrogen and oxygen atoms in total. The molecule has 2 aromatic carbocycles. The highest BCUT2D eigenvalue weighted by atomic mass is 35.5. The minimum Gasteiger partial charge on any atom is -0.368 e. The van der Waals surface area contributed by atoms with Crippen LogP contribution in [0.2, 0.25) is 10.0 Å². The van der Waals surface area contributed by atoms with Gasteiger partial charge in [-0.05, 0) is 36.4 Å². The Morgan fingerprint density at radius 2 is 1.43 bits per heavy atom. The molecule has 2 aromatic rings. The van der Waals surface area contributed by atoms with E-state index in [1.165, 1.54) is 10.6 Å². The first kappa shape index (κ1) is 27.5. The predicted molar refractivity (Wildman–Crippen MR) is 147 cm³/mol. The molecule has 0 saturated carbocycles. The largest absolute Gasteiger partial charge is 0.368 e. The fourth-order valence-electron chi connectivity index (χ4n) is 4.35. The van der Waals surface area contributed by atoms with Gasteiger partial charge in [0, 0.05) is 63.7 Å². The van der Waals surface area contributed by atoms with Crippen LogP contribution in [0.15, 0.2) is 42.5 Å². The van der Waals surface area contributed by atoms with Crippen molar-refractivity contribution in [2.75, 3.05) is 80.7 Å². The summed E-state index contributed by atoms with van der Waals surface area (Å²) >= 11 is 12.3. The van der Waals surface area contributed by atoms with E-state index in [0.29, 0.717) is 73.8 Å². The van der Waals surface area contributed by atoms with Crippen LogP contribution >= 0.6 is 23.2 Å². The Morgan fingerprint density at radius 1 is 0.838 bits per heavy atom. The van der Waals surface area contributed by atoms with Crippen molar-refractivity contribution in [3.8, 4) is 0 Å². The summed E-state index contributed by atoms with van der Waals surface area (Å²) in [5.74, 6) is -0.140. The first-order valence-corrected chi connectivity index (χ1v) is 14.5. The van der Waals surface area contributed by atoms with E-state index in [2.05, 4.69) is 15.5 Å². The smallest absolute Gasteiger partial charge is 0.322 e. The molecule has 0 aliphatic carbocycles. The van der Waals surface area contributed by atoms with Crippen LogP contribution in [-0.2, 0) is 14.8 Å². The number of benzene rings is 2. The molecule has 0 atom stereocenters. The van der Waals surface area contributed by atoms with Crippen molar-refractivity contribution in [2.45, 2.75) is 0 Å². The lowest BCUT2D eigenvalue weighted by Crippen LogP contribution is -2.50. The fraction of sp³-hybridized carbons (Fsp3) is 0.417. The van der Waals surface area contributed by atoms with Gasteiger partial charge in [-0.2, -0.15) is 4.31 Å². The van der Waals surface area contributed by atoms with E-state index >= 15 is 0 Å². The Morgan fingerprint density at radius 3 is 2.00 bits per heavy atom. The molecule has 2 aliphatic rings. The number of hydrogen-bond acceptors (Lipinski definition) is 6. The topological polar surface area (TPSA) is 105 Å². The van der Waals surface area contributed by atoms with Gasteiger partial charge < -0.3 is 20.4 Å². The lowest BCUT2D eigenvalue weighted by molar-refractivity contribution is -0.117. The molecule has 13 heteroatoms. The first-order chi connectivity index (χ1) is 17.6. The number of carbonyl (C=O) groups excluding carboxylic acids is 2. The minimum absolute atomic E-state index is 0.140. The molecule has 0 radical (unpaired) electrons.